The summed E-state index contributed by atoms with van der Waals surface area (Å²) in [4.78, 5) is 0. The van der Waals surface area contributed by atoms with Gasteiger partial charge in [-0.2, -0.15) is 0 Å². The molecular formula is C10H7ClO2. The number of aromatic hydroxyl groups is 2. The number of rotatable bonds is 0. The third-order valence-electron chi connectivity index (χ3n) is 1.89. The van der Waals surface area contributed by atoms with E-state index in [0.717, 1.165) is 10.8 Å². The summed E-state index contributed by atoms with van der Waals surface area (Å²) in [6, 6.07) is 8.07. The summed E-state index contributed by atoms with van der Waals surface area (Å²) in [6.07, 6.45) is 0. The molecule has 2 aromatic carbocycles. The number of phenolic OH excluding ortho intramolecular Hbond substituents is 2. The first-order valence-corrected chi connectivity index (χ1v) is 4.16. The lowest BCUT2D eigenvalue weighted by Crippen LogP contribution is -1.74. The Balaban J connectivity index is 2.81. The van der Waals surface area contributed by atoms with E-state index in [9.17, 15) is 10.2 Å². The molecule has 0 atom stereocenters. The largest absolute Gasteiger partial charge is 0.508 e. The smallest absolute Gasteiger partial charge is 0.134 e. The molecule has 0 radical (unpaired) electrons. The highest BCUT2D eigenvalue weighted by Crippen LogP contribution is 2.30. The number of hydrogen-bond donors (Lipinski definition) is 2. The molecule has 0 amide bonds. The van der Waals surface area contributed by atoms with E-state index in [1.165, 1.54) is 0 Å². The Hall–Kier alpha value is -1.41. The van der Waals surface area contributed by atoms with Crippen molar-refractivity contribution in [3.63, 3.8) is 0 Å². The molecule has 66 valence electrons. The fourth-order valence-electron chi connectivity index (χ4n) is 1.25. The van der Waals surface area contributed by atoms with Gasteiger partial charge in [-0.15, -0.1) is 0 Å². The van der Waals surface area contributed by atoms with Crippen LogP contribution in [0.3, 0.4) is 0 Å². The van der Waals surface area contributed by atoms with Gasteiger partial charge in [-0.1, -0.05) is 17.7 Å². The standard InChI is InChI=1S/C10H7ClO2/c11-9-4-7-3-8(12)2-1-6(7)5-10(9)13/h1-5,12-13H. The van der Waals surface area contributed by atoms with Gasteiger partial charge in [-0.25, -0.2) is 0 Å². The lowest BCUT2D eigenvalue weighted by Gasteiger charge is -2.01. The second-order valence-corrected chi connectivity index (χ2v) is 3.24. The summed E-state index contributed by atoms with van der Waals surface area (Å²) >= 11 is 5.71. The Labute approximate surface area is 80.0 Å². The highest BCUT2D eigenvalue weighted by atomic mass is 35.5. The predicted octanol–water partition coefficient (Wildman–Crippen LogP) is 2.90. The minimum Gasteiger partial charge on any atom is -0.508 e. The number of benzene rings is 2. The van der Waals surface area contributed by atoms with Gasteiger partial charge in [0.2, 0.25) is 0 Å². The van der Waals surface area contributed by atoms with Crippen LogP contribution >= 0.6 is 11.6 Å². The fourth-order valence-corrected chi connectivity index (χ4v) is 1.42. The molecule has 13 heavy (non-hydrogen) atoms. The van der Waals surface area contributed by atoms with Gasteiger partial charge < -0.3 is 10.2 Å². The normalized spacial score (nSPS) is 10.5. The molecule has 2 rings (SSSR count). The van der Waals surface area contributed by atoms with E-state index in [-0.39, 0.29) is 16.5 Å². The lowest BCUT2D eigenvalue weighted by atomic mass is 10.1. The molecule has 0 aliphatic heterocycles. The number of phenols is 2. The number of halogens is 1. The Morgan fingerprint density at radius 3 is 2.46 bits per heavy atom. The van der Waals surface area contributed by atoms with E-state index in [0.29, 0.717) is 0 Å². The van der Waals surface area contributed by atoms with Crippen LogP contribution in [-0.2, 0) is 0 Å². The van der Waals surface area contributed by atoms with Crippen LogP contribution in [0.15, 0.2) is 30.3 Å². The molecule has 0 unspecified atom stereocenters. The zero-order chi connectivity index (χ0) is 9.42. The Kier molecular flexibility index (Phi) is 1.78. The van der Waals surface area contributed by atoms with Crippen LogP contribution in [0.25, 0.3) is 10.8 Å². The Bertz CT molecular complexity index is 466. The Morgan fingerprint density at radius 1 is 0.923 bits per heavy atom. The van der Waals surface area contributed by atoms with Crippen LogP contribution in [0.5, 0.6) is 11.5 Å². The van der Waals surface area contributed by atoms with E-state index in [2.05, 4.69) is 0 Å². The number of hydrogen-bond acceptors (Lipinski definition) is 2. The van der Waals surface area contributed by atoms with Crippen molar-refractivity contribution < 1.29 is 10.2 Å². The van der Waals surface area contributed by atoms with Crippen molar-refractivity contribution in [1.82, 2.24) is 0 Å². The topological polar surface area (TPSA) is 40.5 Å². The van der Waals surface area contributed by atoms with Crippen LogP contribution in [0.2, 0.25) is 5.02 Å². The minimum absolute atomic E-state index is 0.0554. The van der Waals surface area contributed by atoms with Gasteiger partial charge in [-0.3, -0.25) is 0 Å². The maximum absolute atomic E-state index is 9.29. The van der Waals surface area contributed by atoms with E-state index in [4.69, 9.17) is 11.6 Å². The highest BCUT2D eigenvalue weighted by molar-refractivity contribution is 6.32. The molecule has 2 N–H and O–H groups in total. The summed E-state index contributed by atoms with van der Waals surface area (Å²) in [6.45, 7) is 0. The van der Waals surface area contributed by atoms with Crippen molar-refractivity contribution >= 4 is 22.4 Å². The average Bonchev–Trinajstić information content (AvgIpc) is 2.08. The van der Waals surface area contributed by atoms with E-state index >= 15 is 0 Å². The summed E-state index contributed by atoms with van der Waals surface area (Å²) in [5.41, 5.74) is 0. The van der Waals surface area contributed by atoms with Crippen molar-refractivity contribution in [2.75, 3.05) is 0 Å². The van der Waals surface area contributed by atoms with Crippen LogP contribution in [0.1, 0.15) is 0 Å². The maximum atomic E-state index is 9.29. The molecule has 0 bridgehead atoms. The molecule has 0 saturated heterocycles. The molecule has 0 fully saturated rings. The third kappa shape index (κ3) is 1.40. The summed E-state index contributed by atoms with van der Waals surface area (Å²) in [5, 5.41) is 20.4. The first-order chi connectivity index (χ1) is 6.16. The van der Waals surface area contributed by atoms with Crippen molar-refractivity contribution in [2.45, 2.75) is 0 Å². The Morgan fingerprint density at radius 2 is 1.69 bits per heavy atom. The van der Waals surface area contributed by atoms with Gasteiger partial charge in [0, 0.05) is 0 Å². The second kappa shape index (κ2) is 2.82. The van der Waals surface area contributed by atoms with Crippen molar-refractivity contribution in [2.24, 2.45) is 0 Å². The van der Waals surface area contributed by atoms with Crippen LogP contribution in [-0.4, -0.2) is 10.2 Å². The van der Waals surface area contributed by atoms with Crippen LogP contribution in [0.4, 0.5) is 0 Å². The van der Waals surface area contributed by atoms with E-state index < -0.39 is 0 Å². The zero-order valence-corrected chi connectivity index (χ0v) is 7.42. The molecular weight excluding hydrogens is 188 g/mol. The van der Waals surface area contributed by atoms with Crippen molar-refractivity contribution in [3.05, 3.63) is 35.4 Å². The molecule has 0 aliphatic carbocycles. The van der Waals surface area contributed by atoms with Gasteiger partial charge in [0.1, 0.15) is 11.5 Å². The van der Waals surface area contributed by atoms with Gasteiger partial charge in [0.25, 0.3) is 0 Å². The monoisotopic (exact) mass is 194 g/mol. The van der Waals surface area contributed by atoms with Crippen LogP contribution < -0.4 is 0 Å². The molecule has 2 nitrogen and oxygen atoms in total. The third-order valence-corrected chi connectivity index (χ3v) is 2.19. The van der Waals surface area contributed by atoms with E-state index in [1.807, 2.05) is 0 Å². The van der Waals surface area contributed by atoms with Gasteiger partial charge in [0.15, 0.2) is 0 Å². The first kappa shape index (κ1) is 8.20. The van der Waals surface area contributed by atoms with Gasteiger partial charge >= 0.3 is 0 Å². The number of fused-ring (bicyclic) bond motifs is 1. The molecule has 3 heteroatoms. The zero-order valence-electron chi connectivity index (χ0n) is 6.66. The van der Waals surface area contributed by atoms with Crippen molar-refractivity contribution in [1.29, 1.82) is 0 Å². The average molecular weight is 195 g/mol. The first-order valence-electron chi connectivity index (χ1n) is 3.78. The van der Waals surface area contributed by atoms with Gasteiger partial charge in [-0.05, 0) is 35.0 Å². The minimum atomic E-state index is 0.0554. The molecule has 2 aromatic rings. The summed E-state index contributed by atoms with van der Waals surface area (Å²) in [7, 11) is 0. The SMILES string of the molecule is Oc1ccc2cc(O)c(Cl)cc2c1. The fraction of sp³-hybridized carbons (Fsp3) is 0. The second-order valence-electron chi connectivity index (χ2n) is 2.84. The molecule has 0 aliphatic rings. The molecule has 0 saturated carbocycles. The van der Waals surface area contributed by atoms with Crippen LogP contribution in [0, 0.1) is 0 Å². The molecule has 0 heterocycles. The summed E-state index contributed by atoms with van der Waals surface area (Å²) < 4.78 is 0. The summed E-state index contributed by atoms with van der Waals surface area (Å²) in [5.74, 6) is 0.245. The molecule has 0 aromatic heterocycles. The quantitative estimate of drug-likeness (QED) is 0.677. The predicted molar refractivity (Wildman–Crippen MR) is 52.3 cm³/mol. The van der Waals surface area contributed by atoms with Crippen molar-refractivity contribution in [3.8, 4) is 11.5 Å². The molecule has 0 spiro atoms. The lowest BCUT2D eigenvalue weighted by molar-refractivity contribution is 0.474. The van der Waals surface area contributed by atoms with E-state index in [1.54, 1.807) is 30.3 Å². The maximum Gasteiger partial charge on any atom is 0.134 e. The van der Waals surface area contributed by atoms with Gasteiger partial charge in [0.05, 0.1) is 5.02 Å². The highest BCUT2D eigenvalue weighted by Gasteiger charge is 2.01.